The van der Waals surface area contributed by atoms with E-state index in [1.54, 1.807) is 0 Å². The molecule has 114 valence electrons. The summed E-state index contributed by atoms with van der Waals surface area (Å²) in [4.78, 5) is 7.21. The molecule has 0 atom stereocenters. The van der Waals surface area contributed by atoms with E-state index in [2.05, 4.69) is 55.5 Å². The fourth-order valence-electron chi connectivity index (χ4n) is 3.20. The van der Waals surface area contributed by atoms with E-state index in [0.29, 0.717) is 5.88 Å². The highest BCUT2D eigenvalue weighted by Gasteiger charge is 2.20. The van der Waals surface area contributed by atoms with Gasteiger partial charge in [-0.05, 0) is 56.6 Å². The minimum Gasteiger partial charge on any atom is -0.327 e. The van der Waals surface area contributed by atoms with E-state index in [9.17, 15) is 0 Å². The third-order valence-corrected chi connectivity index (χ3v) is 5.24. The Morgan fingerprint density at radius 1 is 1.33 bits per heavy atom. The number of halogens is 2. The summed E-state index contributed by atoms with van der Waals surface area (Å²) >= 11 is 9.62. The number of likely N-dealkylation sites (tertiary alicyclic amines) is 1. The van der Waals surface area contributed by atoms with Crippen LogP contribution in [0.5, 0.6) is 0 Å². The van der Waals surface area contributed by atoms with E-state index in [1.165, 1.54) is 38.0 Å². The topological polar surface area (TPSA) is 21.1 Å². The van der Waals surface area contributed by atoms with Crippen LogP contribution in [-0.4, -0.2) is 34.1 Å². The summed E-state index contributed by atoms with van der Waals surface area (Å²) in [7, 11) is 0. The van der Waals surface area contributed by atoms with Gasteiger partial charge in [-0.25, -0.2) is 4.98 Å². The molecule has 5 heteroatoms. The predicted octanol–water partition coefficient (Wildman–Crippen LogP) is 4.27. The van der Waals surface area contributed by atoms with Gasteiger partial charge in [0.15, 0.2) is 0 Å². The van der Waals surface area contributed by atoms with Crippen molar-refractivity contribution < 1.29 is 0 Å². The van der Waals surface area contributed by atoms with Crippen molar-refractivity contribution in [2.45, 2.75) is 32.2 Å². The van der Waals surface area contributed by atoms with Crippen LogP contribution in [0.4, 0.5) is 0 Å². The summed E-state index contributed by atoms with van der Waals surface area (Å²) in [5, 5.41) is 0. The number of rotatable bonds is 4. The van der Waals surface area contributed by atoms with E-state index < -0.39 is 0 Å². The lowest BCUT2D eigenvalue weighted by atomic mass is 9.96. The Hall–Kier alpha value is -0.580. The van der Waals surface area contributed by atoms with Crippen molar-refractivity contribution in [1.82, 2.24) is 14.5 Å². The Kier molecular flexibility index (Phi) is 4.87. The number of piperidine rings is 1. The van der Waals surface area contributed by atoms with Gasteiger partial charge in [-0.2, -0.15) is 0 Å². The quantitative estimate of drug-likeness (QED) is 0.749. The zero-order chi connectivity index (χ0) is 14.8. The van der Waals surface area contributed by atoms with Gasteiger partial charge < -0.3 is 9.47 Å². The standard InChI is InChI=1S/C16H21BrClN3/c1-2-20-7-5-12(6-8-20)11-21-15-4-3-13(17)9-14(15)19-16(21)10-18/h3-4,9,12H,2,5-8,10-11H2,1H3. The first-order valence-electron chi connectivity index (χ1n) is 7.64. The minimum atomic E-state index is 0.472. The molecule has 1 aliphatic rings. The summed E-state index contributed by atoms with van der Waals surface area (Å²) in [6.07, 6.45) is 2.54. The predicted molar refractivity (Wildman–Crippen MR) is 91.8 cm³/mol. The summed E-state index contributed by atoms with van der Waals surface area (Å²) < 4.78 is 3.39. The van der Waals surface area contributed by atoms with Crippen molar-refractivity contribution in [3.8, 4) is 0 Å². The normalized spacial score (nSPS) is 17.7. The molecule has 0 aliphatic carbocycles. The number of fused-ring (bicyclic) bond motifs is 1. The molecular formula is C16H21BrClN3. The van der Waals surface area contributed by atoms with Crippen LogP contribution < -0.4 is 0 Å². The van der Waals surface area contributed by atoms with Crippen LogP contribution in [0, 0.1) is 5.92 Å². The second-order valence-corrected chi connectivity index (χ2v) is 6.97. The van der Waals surface area contributed by atoms with E-state index in [4.69, 9.17) is 11.6 Å². The number of benzene rings is 1. The lowest BCUT2D eigenvalue weighted by Gasteiger charge is -2.31. The molecular weight excluding hydrogens is 350 g/mol. The van der Waals surface area contributed by atoms with Crippen LogP contribution in [0.1, 0.15) is 25.6 Å². The monoisotopic (exact) mass is 369 g/mol. The third kappa shape index (κ3) is 3.27. The highest BCUT2D eigenvalue weighted by atomic mass is 79.9. The molecule has 0 bridgehead atoms. The van der Waals surface area contributed by atoms with Crippen molar-refractivity contribution in [2.24, 2.45) is 5.92 Å². The van der Waals surface area contributed by atoms with Crippen molar-refractivity contribution in [3.05, 3.63) is 28.5 Å². The van der Waals surface area contributed by atoms with Gasteiger partial charge in [-0.1, -0.05) is 22.9 Å². The Bertz CT molecular complexity index is 617. The van der Waals surface area contributed by atoms with Gasteiger partial charge in [-0.3, -0.25) is 0 Å². The van der Waals surface area contributed by atoms with Gasteiger partial charge in [-0.15, -0.1) is 11.6 Å². The van der Waals surface area contributed by atoms with Crippen LogP contribution >= 0.6 is 27.5 Å². The van der Waals surface area contributed by atoms with Gasteiger partial charge in [0.25, 0.3) is 0 Å². The van der Waals surface area contributed by atoms with Gasteiger partial charge in [0.1, 0.15) is 5.82 Å². The molecule has 0 amide bonds. The lowest BCUT2D eigenvalue weighted by molar-refractivity contribution is 0.181. The number of imidazole rings is 1. The van der Waals surface area contributed by atoms with Crippen molar-refractivity contribution in [1.29, 1.82) is 0 Å². The molecule has 0 unspecified atom stereocenters. The molecule has 3 nitrogen and oxygen atoms in total. The molecule has 1 aromatic carbocycles. The first-order chi connectivity index (χ1) is 10.2. The Morgan fingerprint density at radius 2 is 2.10 bits per heavy atom. The second kappa shape index (κ2) is 6.67. The molecule has 1 fully saturated rings. The number of hydrogen-bond acceptors (Lipinski definition) is 2. The van der Waals surface area contributed by atoms with Crippen LogP contribution in [0.25, 0.3) is 11.0 Å². The number of alkyl halides is 1. The molecule has 0 N–H and O–H groups in total. The Morgan fingerprint density at radius 3 is 2.76 bits per heavy atom. The smallest absolute Gasteiger partial charge is 0.124 e. The highest BCUT2D eigenvalue weighted by Crippen LogP contribution is 2.26. The largest absolute Gasteiger partial charge is 0.327 e. The third-order valence-electron chi connectivity index (χ3n) is 4.50. The molecule has 0 spiro atoms. The van der Waals surface area contributed by atoms with Crippen LogP contribution in [0.3, 0.4) is 0 Å². The molecule has 1 aromatic heterocycles. The number of nitrogens with zero attached hydrogens (tertiary/aromatic N) is 3. The molecule has 2 heterocycles. The maximum atomic E-state index is 6.10. The Balaban J connectivity index is 1.83. The van der Waals surface area contributed by atoms with Gasteiger partial charge in [0.2, 0.25) is 0 Å². The number of hydrogen-bond donors (Lipinski definition) is 0. The molecule has 0 saturated carbocycles. The minimum absolute atomic E-state index is 0.472. The van der Waals surface area contributed by atoms with Gasteiger partial charge in [0.05, 0.1) is 16.9 Å². The summed E-state index contributed by atoms with van der Waals surface area (Å²) in [5.74, 6) is 2.19. The van der Waals surface area contributed by atoms with Crippen molar-refractivity contribution in [2.75, 3.05) is 19.6 Å². The summed E-state index contributed by atoms with van der Waals surface area (Å²) in [6, 6.07) is 6.30. The van der Waals surface area contributed by atoms with E-state index >= 15 is 0 Å². The maximum Gasteiger partial charge on any atom is 0.124 e. The lowest BCUT2D eigenvalue weighted by Crippen LogP contribution is -2.34. The summed E-state index contributed by atoms with van der Waals surface area (Å²) in [5.41, 5.74) is 2.23. The second-order valence-electron chi connectivity index (χ2n) is 5.78. The molecule has 0 radical (unpaired) electrons. The molecule has 1 aliphatic heterocycles. The molecule has 3 rings (SSSR count). The zero-order valence-corrected chi connectivity index (χ0v) is 14.7. The first kappa shape index (κ1) is 15.3. The summed E-state index contributed by atoms with van der Waals surface area (Å²) in [6.45, 7) is 6.89. The van der Waals surface area contributed by atoms with E-state index in [0.717, 1.165) is 28.3 Å². The molecule has 21 heavy (non-hydrogen) atoms. The van der Waals surface area contributed by atoms with Crippen molar-refractivity contribution >= 4 is 38.6 Å². The molecule has 1 saturated heterocycles. The average molecular weight is 371 g/mol. The van der Waals surface area contributed by atoms with E-state index in [-0.39, 0.29) is 0 Å². The van der Waals surface area contributed by atoms with Gasteiger partial charge in [0, 0.05) is 11.0 Å². The van der Waals surface area contributed by atoms with E-state index in [1.807, 2.05) is 0 Å². The zero-order valence-electron chi connectivity index (χ0n) is 12.4. The maximum absolute atomic E-state index is 6.10. The fraction of sp³-hybridized carbons (Fsp3) is 0.562. The number of aromatic nitrogens is 2. The SMILES string of the molecule is CCN1CCC(Cn2c(CCl)nc3cc(Br)ccc32)CC1. The average Bonchev–Trinajstić information content (AvgIpc) is 2.85. The first-order valence-corrected chi connectivity index (χ1v) is 8.97. The van der Waals surface area contributed by atoms with Crippen LogP contribution in [0.2, 0.25) is 0 Å². The highest BCUT2D eigenvalue weighted by molar-refractivity contribution is 9.10. The van der Waals surface area contributed by atoms with Gasteiger partial charge >= 0.3 is 0 Å². The Labute approximate surface area is 139 Å². The van der Waals surface area contributed by atoms with Crippen molar-refractivity contribution in [3.63, 3.8) is 0 Å². The van der Waals surface area contributed by atoms with Crippen LogP contribution in [0.15, 0.2) is 22.7 Å². The molecule has 2 aromatic rings. The van der Waals surface area contributed by atoms with Crippen LogP contribution in [-0.2, 0) is 12.4 Å². The fourth-order valence-corrected chi connectivity index (χ4v) is 3.76.